The molecule has 0 aliphatic heterocycles. The van der Waals surface area contributed by atoms with Crippen molar-refractivity contribution in [3.8, 4) is 0 Å². The van der Waals surface area contributed by atoms with E-state index in [1.807, 2.05) is 31.2 Å². The van der Waals surface area contributed by atoms with Crippen molar-refractivity contribution in [1.29, 1.82) is 0 Å². The molecule has 0 aliphatic rings. The lowest BCUT2D eigenvalue weighted by molar-refractivity contribution is -0.119. The van der Waals surface area contributed by atoms with Gasteiger partial charge in [0.05, 0.1) is 12.3 Å². The molecule has 4 nitrogen and oxygen atoms in total. The Morgan fingerprint density at radius 1 is 1.13 bits per heavy atom. The third-order valence-corrected chi connectivity index (χ3v) is 3.17. The zero-order valence-corrected chi connectivity index (χ0v) is 12.9. The maximum absolute atomic E-state index is 13.6. The van der Waals surface area contributed by atoms with E-state index >= 15 is 0 Å². The van der Waals surface area contributed by atoms with Gasteiger partial charge in [0.2, 0.25) is 0 Å². The number of anilines is 1. The monoisotopic (exact) mass is 317 g/mol. The van der Waals surface area contributed by atoms with E-state index < -0.39 is 11.6 Å². The summed E-state index contributed by atoms with van der Waals surface area (Å²) in [7, 11) is 0. The lowest BCUT2D eigenvalue weighted by atomic mass is 10.1. The van der Waals surface area contributed by atoms with E-state index in [0.29, 0.717) is 0 Å². The molecule has 0 atom stereocenters. The second kappa shape index (κ2) is 7.49. The molecular formula is C17H17F2N3O. The highest BCUT2D eigenvalue weighted by Crippen LogP contribution is 2.10. The molecule has 0 fully saturated rings. The van der Waals surface area contributed by atoms with Crippen LogP contribution in [0.3, 0.4) is 0 Å². The van der Waals surface area contributed by atoms with E-state index in [4.69, 9.17) is 0 Å². The van der Waals surface area contributed by atoms with Crippen LogP contribution in [0.5, 0.6) is 0 Å². The Hall–Kier alpha value is -2.76. The maximum atomic E-state index is 13.6. The lowest BCUT2D eigenvalue weighted by Crippen LogP contribution is -2.26. The van der Waals surface area contributed by atoms with Crippen LogP contribution in [0.25, 0.3) is 0 Å². The summed E-state index contributed by atoms with van der Waals surface area (Å²) in [6, 6.07) is 10.8. The van der Waals surface area contributed by atoms with Crippen molar-refractivity contribution in [2.45, 2.75) is 13.8 Å². The number of carbonyl (C=O) groups is 1. The van der Waals surface area contributed by atoms with Gasteiger partial charge in [0.15, 0.2) is 0 Å². The Balaban J connectivity index is 1.90. The fourth-order valence-corrected chi connectivity index (χ4v) is 1.88. The van der Waals surface area contributed by atoms with Crippen LogP contribution in [0, 0.1) is 18.6 Å². The quantitative estimate of drug-likeness (QED) is 0.657. The van der Waals surface area contributed by atoms with Crippen LogP contribution in [0.15, 0.2) is 47.6 Å². The molecule has 2 rings (SSSR count). The van der Waals surface area contributed by atoms with Gasteiger partial charge >= 0.3 is 0 Å². The van der Waals surface area contributed by atoms with Crippen LogP contribution < -0.4 is 10.7 Å². The van der Waals surface area contributed by atoms with Gasteiger partial charge in [-0.1, -0.05) is 17.7 Å². The Morgan fingerprint density at radius 2 is 1.83 bits per heavy atom. The van der Waals surface area contributed by atoms with Crippen molar-refractivity contribution in [3.63, 3.8) is 0 Å². The third-order valence-electron chi connectivity index (χ3n) is 3.17. The van der Waals surface area contributed by atoms with Crippen molar-refractivity contribution in [3.05, 3.63) is 65.2 Å². The summed E-state index contributed by atoms with van der Waals surface area (Å²) in [5.41, 5.74) is 4.67. The Bertz CT molecular complexity index is 727. The SMILES string of the molecule is C/C(=N/NC(=O)CNc1ccc(C)cc1)c1ccc(F)cc1F. The highest BCUT2D eigenvalue weighted by atomic mass is 19.1. The van der Waals surface area contributed by atoms with E-state index in [2.05, 4.69) is 15.8 Å². The Morgan fingerprint density at radius 3 is 2.48 bits per heavy atom. The average Bonchev–Trinajstić information content (AvgIpc) is 2.52. The fraction of sp³-hybridized carbons (Fsp3) is 0.176. The van der Waals surface area contributed by atoms with E-state index in [1.54, 1.807) is 0 Å². The Labute approximate surface area is 133 Å². The van der Waals surface area contributed by atoms with Crippen molar-refractivity contribution in [2.24, 2.45) is 5.10 Å². The molecule has 120 valence electrons. The molecule has 2 N–H and O–H groups in total. The number of nitrogens with zero attached hydrogens (tertiary/aromatic N) is 1. The number of hydrazone groups is 1. The molecule has 0 spiro atoms. The first kappa shape index (κ1) is 16.6. The minimum Gasteiger partial charge on any atom is -0.376 e. The molecule has 0 aliphatic carbocycles. The van der Waals surface area contributed by atoms with Gasteiger partial charge in [0.1, 0.15) is 11.6 Å². The van der Waals surface area contributed by atoms with Gasteiger partial charge in [-0.3, -0.25) is 4.79 Å². The standard InChI is InChI=1S/C17H17F2N3O/c1-11-3-6-14(7-4-11)20-10-17(23)22-21-12(2)15-8-5-13(18)9-16(15)19/h3-9,20H,10H2,1-2H3,(H,22,23)/b21-12-. The predicted octanol–water partition coefficient (Wildman–Crippen LogP) is 3.23. The summed E-state index contributed by atoms with van der Waals surface area (Å²) >= 11 is 0. The van der Waals surface area contributed by atoms with E-state index in [0.717, 1.165) is 23.4 Å². The molecule has 23 heavy (non-hydrogen) atoms. The first-order valence-electron chi connectivity index (χ1n) is 7.05. The minimum atomic E-state index is -0.724. The van der Waals surface area contributed by atoms with Crippen molar-refractivity contribution >= 4 is 17.3 Å². The highest BCUT2D eigenvalue weighted by molar-refractivity contribution is 5.99. The van der Waals surface area contributed by atoms with Crippen molar-refractivity contribution in [2.75, 3.05) is 11.9 Å². The fourth-order valence-electron chi connectivity index (χ4n) is 1.88. The van der Waals surface area contributed by atoms with Gasteiger partial charge in [-0.25, -0.2) is 14.2 Å². The summed E-state index contributed by atoms with van der Waals surface area (Å²) in [5.74, 6) is -1.75. The summed E-state index contributed by atoms with van der Waals surface area (Å²) in [5, 5.41) is 6.77. The number of carbonyl (C=O) groups excluding carboxylic acids is 1. The van der Waals surface area contributed by atoms with Gasteiger partial charge in [0.25, 0.3) is 5.91 Å². The number of hydrogen-bond donors (Lipinski definition) is 2. The molecule has 1 amide bonds. The van der Waals surface area contributed by atoms with Crippen molar-refractivity contribution in [1.82, 2.24) is 5.43 Å². The first-order valence-corrected chi connectivity index (χ1v) is 7.05. The van der Waals surface area contributed by atoms with Crippen LogP contribution in [-0.2, 0) is 4.79 Å². The van der Waals surface area contributed by atoms with Gasteiger partial charge in [-0.05, 0) is 38.1 Å². The number of halogens is 2. The van der Waals surface area contributed by atoms with Crippen LogP contribution in [0.2, 0.25) is 0 Å². The summed E-state index contributed by atoms with van der Waals surface area (Å²) in [6.07, 6.45) is 0. The molecule has 0 saturated heterocycles. The topological polar surface area (TPSA) is 53.5 Å². The van der Waals surface area contributed by atoms with Gasteiger partial charge in [0, 0.05) is 17.3 Å². The molecule has 0 heterocycles. The van der Waals surface area contributed by atoms with Crippen LogP contribution >= 0.6 is 0 Å². The molecule has 0 radical (unpaired) electrons. The number of rotatable bonds is 5. The average molecular weight is 317 g/mol. The molecular weight excluding hydrogens is 300 g/mol. The van der Waals surface area contributed by atoms with Gasteiger partial charge in [-0.15, -0.1) is 0 Å². The van der Waals surface area contributed by atoms with E-state index in [9.17, 15) is 13.6 Å². The third kappa shape index (κ3) is 4.88. The zero-order valence-electron chi connectivity index (χ0n) is 12.9. The number of nitrogens with one attached hydrogen (secondary N) is 2. The lowest BCUT2D eigenvalue weighted by Gasteiger charge is -2.07. The molecule has 0 unspecified atom stereocenters. The molecule has 0 aromatic heterocycles. The van der Waals surface area contributed by atoms with E-state index in [-0.39, 0.29) is 23.7 Å². The van der Waals surface area contributed by atoms with Gasteiger partial charge in [-0.2, -0.15) is 5.10 Å². The number of hydrogen-bond acceptors (Lipinski definition) is 3. The smallest absolute Gasteiger partial charge is 0.259 e. The number of amides is 1. The van der Waals surface area contributed by atoms with Crippen LogP contribution in [0.4, 0.5) is 14.5 Å². The summed E-state index contributed by atoms with van der Waals surface area (Å²) < 4.78 is 26.4. The minimum absolute atomic E-state index is 0.0335. The maximum Gasteiger partial charge on any atom is 0.259 e. The van der Waals surface area contributed by atoms with Gasteiger partial charge < -0.3 is 5.32 Å². The largest absolute Gasteiger partial charge is 0.376 e. The second-order valence-electron chi connectivity index (χ2n) is 5.08. The van der Waals surface area contributed by atoms with Crippen LogP contribution in [0.1, 0.15) is 18.1 Å². The number of aryl methyl sites for hydroxylation is 1. The molecule has 0 bridgehead atoms. The van der Waals surface area contributed by atoms with E-state index in [1.165, 1.54) is 13.0 Å². The molecule has 0 saturated carbocycles. The number of benzene rings is 2. The first-order chi connectivity index (χ1) is 11.0. The normalized spacial score (nSPS) is 11.2. The van der Waals surface area contributed by atoms with Crippen LogP contribution in [-0.4, -0.2) is 18.2 Å². The molecule has 2 aromatic carbocycles. The highest BCUT2D eigenvalue weighted by Gasteiger charge is 2.07. The van der Waals surface area contributed by atoms with Crippen molar-refractivity contribution < 1.29 is 13.6 Å². The molecule has 2 aromatic rings. The second-order valence-corrected chi connectivity index (χ2v) is 5.08. The summed E-state index contributed by atoms with van der Waals surface area (Å²) in [4.78, 5) is 11.7. The molecule has 6 heteroatoms. The summed E-state index contributed by atoms with van der Waals surface area (Å²) in [6.45, 7) is 3.54. The zero-order chi connectivity index (χ0) is 16.8. The predicted molar refractivity (Wildman–Crippen MR) is 86.4 cm³/mol. The Kier molecular flexibility index (Phi) is 5.41.